The third-order valence-corrected chi connectivity index (χ3v) is 6.71. The van der Waals surface area contributed by atoms with Crippen molar-refractivity contribution in [3.05, 3.63) is 52.4 Å². The molecule has 0 saturated carbocycles. The Morgan fingerprint density at radius 1 is 1.11 bits per heavy atom. The van der Waals surface area contributed by atoms with E-state index >= 15 is 0 Å². The number of anilines is 4. The van der Waals surface area contributed by atoms with Crippen molar-refractivity contribution >= 4 is 40.9 Å². The first-order valence-corrected chi connectivity index (χ1v) is 12.3. The monoisotopic (exact) mass is 513 g/mol. The molecule has 0 unspecified atom stereocenters. The Morgan fingerprint density at radius 3 is 2.64 bits per heavy atom. The molecule has 190 valence electrons. The average Bonchev–Trinajstić information content (AvgIpc) is 3.48. The summed E-state index contributed by atoms with van der Waals surface area (Å²) in [6, 6.07) is 7.88. The molecular weight excluding hydrogens is 485 g/mol. The van der Waals surface area contributed by atoms with Gasteiger partial charge in [-0.1, -0.05) is 11.6 Å². The minimum Gasteiger partial charge on any atom is -0.354 e. The van der Waals surface area contributed by atoms with Gasteiger partial charge in [-0.2, -0.15) is 15.1 Å². The van der Waals surface area contributed by atoms with Gasteiger partial charge in [-0.05, 0) is 38.6 Å². The highest BCUT2D eigenvalue weighted by molar-refractivity contribution is 6.30. The predicted octanol–water partition coefficient (Wildman–Crippen LogP) is 3.12. The molecule has 10 nitrogen and oxygen atoms in total. The Morgan fingerprint density at radius 2 is 1.92 bits per heavy atom. The zero-order valence-electron chi connectivity index (χ0n) is 20.3. The largest absolute Gasteiger partial charge is 0.354 e. The van der Waals surface area contributed by atoms with Crippen LogP contribution in [-0.4, -0.2) is 88.2 Å². The molecule has 2 saturated heterocycles. The quantitative estimate of drug-likeness (QED) is 0.462. The van der Waals surface area contributed by atoms with Crippen LogP contribution < -0.4 is 15.5 Å². The summed E-state index contributed by atoms with van der Waals surface area (Å²) in [5.41, 5.74) is 0.964. The molecule has 0 aliphatic carbocycles. The van der Waals surface area contributed by atoms with Crippen LogP contribution in [0.25, 0.3) is 0 Å². The fraction of sp³-hybridized carbons (Fsp3) is 0.417. The van der Waals surface area contributed by atoms with Crippen molar-refractivity contribution in [2.75, 3.05) is 61.8 Å². The first-order valence-electron chi connectivity index (χ1n) is 12.0. The first-order chi connectivity index (χ1) is 17.3. The molecule has 5 rings (SSSR count). The van der Waals surface area contributed by atoms with Gasteiger partial charge in [-0.3, -0.25) is 9.89 Å². The van der Waals surface area contributed by atoms with E-state index in [0.29, 0.717) is 37.1 Å². The highest BCUT2D eigenvalue weighted by Gasteiger charge is 2.29. The third kappa shape index (κ3) is 5.52. The summed E-state index contributed by atoms with van der Waals surface area (Å²) in [5.74, 6) is 1.63. The van der Waals surface area contributed by atoms with Crippen LogP contribution in [0.2, 0.25) is 5.02 Å². The van der Waals surface area contributed by atoms with Crippen LogP contribution in [0.3, 0.4) is 0 Å². The number of benzene rings is 1. The summed E-state index contributed by atoms with van der Waals surface area (Å²) in [6.45, 7) is 6.51. The predicted molar refractivity (Wildman–Crippen MR) is 138 cm³/mol. The van der Waals surface area contributed by atoms with Crippen LogP contribution >= 0.6 is 11.6 Å². The lowest BCUT2D eigenvalue weighted by Crippen LogP contribution is -2.45. The molecule has 2 aromatic heterocycles. The van der Waals surface area contributed by atoms with E-state index in [4.69, 9.17) is 16.6 Å². The molecule has 1 amide bonds. The molecule has 0 bridgehead atoms. The van der Waals surface area contributed by atoms with E-state index < -0.39 is 5.82 Å². The molecule has 1 aromatic carbocycles. The van der Waals surface area contributed by atoms with Crippen LogP contribution in [0.1, 0.15) is 22.5 Å². The van der Waals surface area contributed by atoms with Crippen molar-refractivity contribution in [3.63, 3.8) is 0 Å². The van der Waals surface area contributed by atoms with Gasteiger partial charge in [0.1, 0.15) is 17.5 Å². The molecule has 36 heavy (non-hydrogen) atoms. The second kappa shape index (κ2) is 10.3. The fourth-order valence-electron chi connectivity index (χ4n) is 4.45. The SMILES string of the molecule is Cc1cc(Nc2cc(N3CCN(C)CC3)nc(N[C@H]3CCN(C(=O)c4ccc(Cl)cc4F)C3)n2)n[nH]1. The number of hydrogen-bond acceptors (Lipinski definition) is 8. The topological polar surface area (TPSA) is 105 Å². The van der Waals surface area contributed by atoms with Crippen molar-refractivity contribution in [2.24, 2.45) is 0 Å². The van der Waals surface area contributed by atoms with Crippen LogP contribution in [0, 0.1) is 12.7 Å². The summed E-state index contributed by atoms with van der Waals surface area (Å²) < 4.78 is 14.3. The van der Waals surface area contributed by atoms with Crippen LogP contribution in [-0.2, 0) is 0 Å². The lowest BCUT2D eigenvalue weighted by atomic mass is 10.2. The summed E-state index contributed by atoms with van der Waals surface area (Å²) in [5, 5.41) is 14.1. The van der Waals surface area contributed by atoms with Crippen molar-refractivity contribution in [1.82, 2.24) is 30.0 Å². The van der Waals surface area contributed by atoms with E-state index in [1.54, 1.807) is 4.90 Å². The van der Waals surface area contributed by atoms with Crippen LogP contribution in [0.5, 0.6) is 0 Å². The standard InChI is InChI=1S/C24H29ClFN9O/c1-15-11-21(32-31-15)28-20-13-22(34-9-7-33(2)8-10-34)30-24(29-20)27-17-5-6-35(14-17)23(36)18-4-3-16(25)12-19(18)26/h3-4,11-13,17H,5-10,14H2,1-2H3,(H3,27,28,29,30,31,32)/t17-/m0/s1. The maximum Gasteiger partial charge on any atom is 0.256 e. The van der Waals surface area contributed by atoms with Gasteiger partial charge in [-0.15, -0.1) is 0 Å². The number of H-pyrrole nitrogens is 1. The Balaban J connectivity index is 1.32. The lowest BCUT2D eigenvalue weighted by Gasteiger charge is -2.33. The van der Waals surface area contributed by atoms with Crippen molar-refractivity contribution in [2.45, 2.75) is 19.4 Å². The van der Waals surface area contributed by atoms with Crippen LogP contribution in [0.4, 0.5) is 27.8 Å². The zero-order valence-corrected chi connectivity index (χ0v) is 21.0. The Kier molecular flexibility index (Phi) is 6.92. The summed E-state index contributed by atoms with van der Waals surface area (Å²) in [4.78, 5) is 28.5. The zero-order chi connectivity index (χ0) is 25.2. The Bertz CT molecular complexity index is 1240. The number of nitrogens with one attached hydrogen (secondary N) is 3. The summed E-state index contributed by atoms with van der Waals surface area (Å²) in [7, 11) is 2.11. The van der Waals surface area contributed by atoms with E-state index in [0.717, 1.165) is 43.8 Å². The number of piperazine rings is 1. The van der Waals surface area contributed by atoms with Gasteiger partial charge in [0, 0.05) is 68.2 Å². The smallest absolute Gasteiger partial charge is 0.256 e. The highest BCUT2D eigenvalue weighted by atomic mass is 35.5. The first kappa shape index (κ1) is 24.3. The van der Waals surface area contributed by atoms with E-state index in [1.165, 1.54) is 12.1 Å². The van der Waals surface area contributed by atoms with Crippen molar-refractivity contribution < 1.29 is 9.18 Å². The van der Waals surface area contributed by atoms with Gasteiger partial charge in [0.05, 0.1) is 5.56 Å². The number of halogens is 2. The molecule has 3 N–H and O–H groups in total. The molecule has 2 aliphatic heterocycles. The normalized spacial score (nSPS) is 18.5. The molecule has 1 atom stereocenters. The van der Waals surface area contributed by atoms with Gasteiger partial charge in [0.25, 0.3) is 5.91 Å². The third-order valence-electron chi connectivity index (χ3n) is 6.47. The fourth-order valence-corrected chi connectivity index (χ4v) is 4.61. The minimum absolute atomic E-state index is 0.0224. The van der Waals surface area contributed by atoms with E-state index in [9.17, 15) is 9.18 Å². The number of carbonyl (C=O) groups excluding carboxylic acids is 1. The van der Waals surface area contributed by atoms with Crippen LogP contribution in [0.15, 0.2) is 30.3 Å². The minimum atomic E-state index is -0.614. The number of aromatic amines is 1. The Hall–Kier alpha value is -3.44. The van der Waals surface area contributed by atoms with Crippen molar-refractivity contribution in [1.29, 1.82) is 0 Å². The Labute approximate surface area is 213 Å². The molecule has 2 aliphatic rings. The maximum atomic E-state index is 14.3. The summed E-state index contributed by atoms with van der Waals surface area (Å²) in [6.07, 6.45) is 0.699. The van der Waals surface area contributed by atoms with Gasteiger partial charge >= 0.3 is 0 Å². The number of likely N-dealkylation sites (tertiary alicyclic amines) is 1. The van der Waals surface area contributed by atoms with E-state index in [1.807, 2.05) is 19.1 Å². The van der Waals surface area contributed by atoms with Gasteiger partial charge in [-0.25, -0.2) is 4.39 Å². The number of aromatic nitrogens is 4. The second-order valence-corrected chi connectivity index (χ2v) is 9.73. The van der Waals surface area contributed by atoms with E-state index in [-0.39, 0.29) is 22.5 Å². The molecule has 2 fully saturated rings. The number of carbonyl (C=O) groups is 1. The average molecular weight is 514 g/mol. The van der Waals surface area contributed by atoms with E-state index in [2.05, 4.69) is 42.7 Å². The highest BCUT2D eigenvalue weighted by Crippen LogP contribution is 2.25. The molecule has 3 aromatic rings. The number of rotatable bonds is 6. The molecular formula is C24H29ClFN9O. The summed E-state index contributed by atoms with van der Waals surface area (Å²) >= 11 is 5.83. The number of hydrogen-bond donors (Lipinski definition) is 3. The van der Waals surface area contributed by atoms with Crippen molar-refractivity contribution in [3.8, 4) is 0 Å². The number of amides is 1. The molecule has 0 spiro atoms. The van der Waals surface area contributed by atoms with Gasteiger partial charge in [0.2, 0.25) is 5.95 Å². The lowest BCUT2D eigenvalue weighted by molar-refractivity contribution is 0.0787. The molecule has 12 heteroatoms. The number of nitrogens with zero attached hydrogens (tertiary/aromatic N) is 6. The molecule has 0 radical (unpaired) electrons. The second-order valence-electron chi connectivity index (χ2n) is 9.29. The van der Waals surface area contributed by atoms with Gasteiger partial charge in [0.15, 0.2) is 5.82 Å². The maximum absolute atomic E-state index is 14.3. The number of likely N-dealkylation sites (N-methyl/N-ethyl adjacent to an activating group) is 1. The van der Waals surface area contributed by atoms with Gasteiger partial charge < -0.3 is 25.3 Å². The molecule has 4 heterocycles. The number of aryl methyl sites for hydroxylation is 1.